The second kappa shape index (κ2) is 5.28. The highest BCUT2D eigenvalue weighted by atomic mass is 19.4. The third-order valence-electron chi connectivity index (χ3n) is 5.29. The lowest BCUT2D eigenvalue weighted by molar-refractivity contribution is -0.137. The number of dihydropyridines is 1. The van der Waals surface area contributed by atoms with E-state index in [1.807, 2.05) is 6.92 Å². The lowest BCUT2D eigenvalue weighted by Crippen LogP contribution is -2.40. The van der Waals surface area contributed by atoms with Gasteiger partial charge in [0.2, 0.25) is 0 Å². The van der Waals surface area contributed by atoms with Crippen LogP contribution in [0.5, 0.6) is 0 Å². The summed E-state index contributed by atoms with van der Waals surface area (Å²) < 4.78 is 39.7. The van der Waals surface area contributed by atoms with Crippen LogP contribution >= 0.6 is 0 Å². The van der Waals surface area contributed by atoms with Gasteiger partial charge < -0.3 is 5.32 Å². The third-order valence-corrected chi connectivity index (χ3v) is 5.29. The van der Waals surface area contributed by atoms with Gasteiger partial charge in [0.15, 0.2) is 11.6 Å². The number of Topliss-reactive ketones (excluding diaryl/α,β-unsaturated/α-hetero) is 1. The van der Waals surface area contributed by atoms with Gasteiger partial charge in [-0.25, -0.2) is 0 Å². The van der Waals surface area contributed by atoms with Crippen LogP contribution in [0.3, 0.4) is 0 Å². The normalized spacial score (nSPS) is 25.4. The molecule has 4 rings (SSSR count). The number of hydrogen-bond acceptors (Lipinski definition) is 4. The molecule has 0 bridgehead atoms. The van der Waals surface area contributed by atoms with E-state index in [9.17, 15) is 18.0 Å². The Morgan fingerprint density at radius 1 is 1.28 bits per heavy atom. The van der Waals surface area contributed by atoms with Crippen molar-refractivity contribution in [2.45, 2.75) is 37.8 Å². The molecular weight excluding hydrogens is 331 g/mol. The first kappa shape index (κ1) is 16.1. The molecule has 1 aliphatic carbocycles. The number of alkyl halides is 3. The minimum Gasteiger partial charge on any atom is -0.342 e. The molecule has 0 saturated heterocycles. The Hall–Kier alpha value is -2.44. The number of rotatable bonds is 2. The van der Waals surface area contributed by atoms with E-state index < -0.39 is 17.2 Å². The quantitative estimate of drug-likeness (QED) is 0.869. The van der Waals surface area contributed by atoms with E-state index in [0.717, 1.165) is 23.4 Å². The molecule has 0 aromatic heterocycles. The highest BCUT2D eigenvalue weighted by Crippen LogP contribution is 2.52. The number of benzene rings is 1. The average molecular weight is 347 g/mol. The van der Waals surface area contributed by atoms with Gasteiger partial charge in [-0.1, -0.05) is 25.1 Å². The zero-order chi connectivity index (χ0) is 17.8. The van der Waals surface area contributed by atoms with Gasteiger partial charge in [0.05, 0.1) is 17.5 Å². The van der Waals surface area contributed by atoms with Crippen LogP contribution in [0.15, 0.2) is 57.2 Å². The van der Waals surface area contributed by atoms with E-state index in [2.05, 4.69) is 15.5 Å². The second-order valence-electron chi connectivity index (χ2n) is 6.47. The number of allylic oxidation sites excluding steroid dienone is 2. The lowest BCUT2D eigenvalue weighted by Gasteiger charge is -2.39. The topological polar surface area (TPSA) is 53.8 Å². The SMILES string of the molecule is CC[C@]1(c2cccc(C(F)(F)F)c2)C2=C(N=NC2)NC2=C1C(=O)CC2. The molecule has 1 aromatic rings. The van der Waals surface area contributed by atoms with Gasteiger partial charge in [0.1, 0.15) is 0 Å². The highest BCUT2D eigenvalue weighted by Gasteiger charge is 2.50. The highest BCUT2D eigenvalue weighted by molar-refractivity contribution is 6.02. The number of nitrogens with one attached hydrogen (secondary N) is 1. The number of carbonyl (C=O) groups excluding carboxylic acids is 1. The summed E-state index contributed by atoms with van der Waals surface area (Å²) in [5, 5.41) is 11.3. The van der Waals surface area contributed by atoms with Gasteiger partial charge in [-0.05, 0) is 24.5 Å². The molecule has 1 aromatic carbocycles. The number of ketones is 1. The van der Waals surface area contributed by atoms with Crippen molar-refractivity contribution in [3.8, 4) is 0 Å². The standard InChI is InChI=1S/C18H16F3N3O/c1-2-17(10-4-3-5-11(8-10)18(19,20)21)12-9-22-24-16(12)23-13-6-7-14(25)15(13)17/h3-5,8,23H,2,6-7,9H2,1H3/t17-/m0/s1. The van der Waals surface area contributed by atoms with Gasteiger partial charge in [-0.2, -0.15) is 18.3 Å². The predicted octanol–water partition coefficient (Wildman–Crippen LogP) is 4.25. The first-order valence-corrected chi connectivity index (χ1v) is 8.20. The van der Waals surface area contributed by atoms with Crippen LogP contribution in [0, 0.1) is 0 Å². The monoisotopic (exact) mass is 347 g/mol. The Morgan fingerprint density at radius 2 is 2.08 bits per heavy atom. The fraction of sp³-hybridized carbons (Fsp3) is 0.389. The van der Waals surface area contributed by atoms with Crippen LogP contribution in [0.25, 0.3) is 0 Å². The molecule has 1 atom stereocenters. The molecule has 1 N–H and O–H groups in total. The predicted molar refractivity (Wildman–Crippen MR) is 84.6 cm³/mol. The van der Waals surface area contributed by atoms with Crippen LogP contribution in [-0.2, 0) is 16.4 Å². The van der Waals surface area contributed by atoms with Crippen LogP contribution in [0.4, 0.5) is 13.2 Å². The van der Waals surface area contributed by atoms with Crippen LogP contribution < -0.4 is 5.32 Å². The van der Waals surface area contributed by atoms with E-state index in [0.29, 0.717) is 36.2 Å². The molecule has 0 unspecified atom stereocenters. The van der Waals surface area contributed by atoms with E-state index in [1.165, 1.54) is 6.07 Å². The molecular formula is C18H16F3N3O. The maximum atomic E-state index is 13.2. The van der Waals surface area contributed by atoms with Crippen LogP contribution in [0.1, 0.15) is 37.3 Å². The van der Waals surface area contributed by atoms with Gasteiger partial charge in [0, 0.05) is 23.3 Å². The molecule has 0 amide bonds. The van der Waals surface area contributed by atoms with Crippen molar-refractivity contribution >= 4 is 5.78 Å². The molecule has 0 spiro atoms. The summed E-state index contributed by atoms with van der Waals surface area (Å²) >= 11 is 0. The first-order valence-electron chi connectivity index (χ1n) is 8.20. The smallest absolute Gasteiger partial charge is 0.342 e. The third kappa shape index (κ3) is 2.18. The van der Waals surface area contributed by atoms with Gasteiger partial charge in [-0.15, -0.1) is 5.11 Å². The van der Waals surface area contributed by atoms with E-state index in [-0.39, 0.29) is 12.3 Å². The van der Waals surface area contributed by atoms with Crippen LogP contribution in [0.2, 0.25) is 0 Å². The largest absolute Gasteiger partial charge is 0.416 e. The summed E-state index contributed by atoms with van der Waals surface area (Å²) in [5.74, 6) is 0.563. The fourth-order valence-electron chi connectivity index (χ4n) is 4.19. The number of carbonyl (C=O) groups is 1. The molecule has 0 radical (unpaired) electrons. The van der Waals surface area contributed by atoms with Crippen molar-refractivity contribution in [3.05, 3.63) is 58.1 Å². The molecule has 2 aliphatic heterocycles. The number of nitrogens with zero attached hydrogens (tertiary/aromatic N) is 2. The van der Waals surface area contributed by atoms with Gasteiger partial charge in [0.25, 0.3) is 0 Å². The maximum Gasteiger partial charge on any atom is 0.416 e. The molecule has 4 nitrogen and oxygen atoms in total. The van der Waals surface area contributed by atoms with E-state index >= 15 is 0 Å². The molecule has 0 fully saturated rings. The minimum absolute atomic E-state index is 0.0137. The van der Waals surface area contributed by atoms with Crippen molar-refractivity contribution in [3.63, 3.8) is 0 Å². The summed E-state index contributed by atoms with van der Waals surface area (Å²) in [6.07, 6.45) is -3.03. The van der Waals surface area contributed by atoms with E-state index in [4.69, 9.17) is 0 Å². The summed E-state index contributed by atoms with van der Waals surface area (Å²) in [6, 6.07) is 5.29. The number of halogens is 3. The Morgan fingerprint density at radius 3 is 2.80 bits per heavy atom. The van der Waals surface area contributed by atoms with E-state index in [1.54, 1.807) is 6.07 Å². The van der Waals surface area contributed by atoms with Crippen molar-refractivity contribution in [2.24, 2.45) is 10.2 Å². The second-order valence-corrected chi connectivity index (χ2v) is 6.47. The minimum atomic E-state index is -4.43. The van der Waals surface area contributed by atoms with Crippen LogP contribution in [-0.4, -0.2) is 12.3 Å². The Labute approximate surface area is 142 Å². The van der Waals surface area contributed by atoms with Gasteiger partial charge >= 0.3 is 6.18 Å². The molecule has 2 heterocycles. The first-order chi connectivity index (χ1) is 11.9. The Kier molecular flexibility index (Phi) is 3.39. The Bertz CT molecular complexity index is 867. The van der Waals surface area contributed by atoms with Gasteiger partial charge in [-0.3, -0.25) is 4.79 Å². The maximum absolute atomic E-state index is 13.2. The lowest BCUT2D eigenvalue weighted by atomic mass is 9.64. The van der Waals surface area contributed by atoms with Crippen molar-refractivity contribution in [2.75, 3.05) is 6.54 Å². The molecule has 130 valence electrons. The molecule has 3 aliphatic rings. The summed E-state index contributed by atoms with van der Waals surface area (Å²) in [4.78, 5) is 12.6. The molecule has 0 saturated carbocycles. The zero-order valence-corrected chi connectivity index (χ0v) is 13.6. The summed E-state index contributed by atoms with van der Waals surface area (Å²) in [5.41, 5.74) is 1.01. The van der Waals surface area contributed by atoms with Crippen molar-refractivity contribution < 1.29 is 18.0 Å². The summed E-state index contributed by atoms with van der Waals surface area (Å²) in [7, 11) is 0. The van der Waals surface area contributed by atoms with Crippen molar-refractivity contribution in [1.29, 1.82) is 0 Å². The fourth-order valence-corrected chi connectivity index (χ4v) is 4.19. The molecule has 25 heavy (non-hydrogen) atoms. The average Bonchev–Trinajstić information content (AvgIpc) is 3.20. The molecule has 7 heteroatoms. The number of hydrogen-bond donors (Lipinski definition) is 1. The zero-order valence-electron chi connectivity index (χ0n) is 13.6. The summed E-state index contributed by atoms with van der Waals surface area (Å²) in [6.45, 7) is 2.18. The van der Waals surface area contributed by atoms with Crippen molar-refractivity contribution in [1.82, 2.24) is 5.32 Å². The Balaban J connectivity index is 1.97. The number of azo groups is 1.